The molecule has 1 aromatic carbocycles. The SMILES string of the molecule is O=C(Cc1ccccc1)OCCCOP(=O)(O)O. The number of carbonyl (C=O) groups excluding carboxylic acids is 1. The fourth-order valence-electron chi connectivity index (χ4n) is 1.24. The van der Waals surface area contributed by atoms with Crippen LogP contribution in [0, 0.1) is 0 Å². The molecule has 0 aliphatic rings. The van der Waals surface area contributed by atoms with E-state index in [1.807, 2.05) is 30.3 Å². The van der Waals surface area contributed by atoms with Gasteiger partial charge in [0.15, 0.2) is 0 Å². The average Bonchev–Trinajstić information content (AvgIpc) is 2.28. The maximum atomic E-state index is 11.4. The lowest BCUT2D eigenvalue weighted by atomic mass is 10.2. The van der Waals surface area contributed by atoms with E-state index in [0.29, 0.717) is 0 Å². The summed E-state index contributed by atoms with van der Waals surface area (Å²) in [5, 5.41) is 0. The lowest BCUT2D eigenvalue weighted by Crippen LogP contribution is -2.10. The minimum Gasteiger partial charge on any atom is -0.465 e. The van der Waals surface area contributed by atoms with Crippen LogP contribution < -0.4 is 0 Å². The third kappa shape index (κ3) is 7.19. The van der Waals surface area contributed by atoms with Crippen LogP contribution >= 0.6 is 7.82 Å². The molecule has 2 N–H and O–H groups in total. The quantitative estimate of drug-likeness (QED) is 0.442. The third-order valence-corrected chi connectivity index (χ3v) is 2.52. The number of esters is 1. The lowest BCUT2D eigenvalue weighted by Gasteiger charge is -2.06. The van der Waals surface area contributed by atoms with Gasteiger partial charge < -0.3 is 14.5 Å². The Labute approximate surface area is 105 Å². The summed E-state index contributed by atoms with van der Waals surface area (Å²) >= 11 is 0. The van der Waals surface area contributed by atoms with E-state index in [0.717, 1.165) is 5.56 Å². The van der Waals surface area contributed by atoms with Crippen molar-refractivity contribution in [2.45, 2.75) is 12.8 Å². The maximum absolute atomic E-state index is 11.4. The van der Waals surface area contributed by atoms with Gasteiger partial charge in [0, 0.05) is 6.42 Å². The molecule has 100 valence electrons. The van der Waals surface area contributed by atoms with Gasteiger partial charge in [0.2, 0.25) is 0 Å². The van der Waals surface area contributed by atoms with Crippen LogP contribution in [0.1, 0.15) is 12.0 Å². The molecule has 0 saturated carbocycles. The minimum atomic E-state index is -4.42. The summed E-state index contributed by atoms with van der Waals surface area (Å²) in [5.41, 5.74) is 0.856. The third-order valence-electron chi connectivity index (χ3n) is 2.00. The van der Waals surface area contributed by atoms with Crippen molar-refractivity contribution in [3.8, 4) is 0 Å². The fraction of sp³-hybridized carbons (Fsp3) is 0.364. The molecule has 0 aliphatic heterocycles. The van der Waals surface area contributed by atoms with Crippen molar-refractivity contribution in [2.75, 3.05) is 13.2 Å². The second kappa shape index (κ2) is 7.28. The number of ether oxygens (including phenoxy) is 1. The summed E-state index contributed by atoms with van der Waals surface area (Å²) in [6, 6.07) is 9.15. The van der Waals surface area contributed by atoms with Crippen molar-refractivity contribution in [1.82, 2.24) is 0 Å². The molecule has 6 nitrogen and oxygen atoms in total. The molecule has 0 heterocycles. The first-order chi connectivity index (χ1) is 8.47. The fourth-order valence-corrected chi connectivity index (χ4v) is 1.61. The molecule has 7 heteroatoms. The average molecular weight is 274 g/mol. The zero-order valence-electron chi connectivity index (χ0n) is 9.69. The van der Waals surface area contributed by atoms with Crippen LogP contribution in [0.15, 0.2) is 30.3 Å². The minimum absolute atomic E-state index is 0.0751. The second-order valence-corrected chi connectivity index (χ2v) is 4.80. The highest BCUT2D eigenvalue weighted by Crippen LogP contribution is 2.35. The van der Waals surface area contributed by atoms with Gasteiger partial charge in [-0.1, -0.05) is 30.3 Å². The highest BCUT2D eigenvalue weighted by Gasteiger charge is 2.12. The molecule has 1 rings (SSSR count). The van der Waals surface area contributed by atoms with Gasteiger partial charge in [0.25, 0.3) is 0 Å². The number of phosphoric ester groups is 1. The number of phosphoric acid groups is 1. The van der Waals surface area contributed by atoms with Crippen molar-refractivity contribution < 1.29 is 28.4 Å². The molecular weight excluding hydrogens is 259 g/mol. The van der Waals surface area contributed by atoms with Crippen molar-refractivity contribution in [1.29, 1.82) is 0 Å². The van der Waals surface area contributed by atoms with Gasteiger partial charge in [-0.3, -0.25) is 9.32 Å². The molecule has 0 radical (unpaired) electrons. The molecular formula is C11H15O6P. The Hall–Kier alpha value is -1.20. The molecule has 0 aromatic heterocycles. The van der Waals surface area contributed by atoms with Crippen molar-refractivity contribution >= 4 is 13.8 Å². The van der Waals surface area contributed by atoms with Crippen LogP contribution in [0.2, 0.25) is 0 Å². The Bertz CT molecular complexity index is 413. The predicted molar refractivity (Wildman–Crippen MR) is 63.7 cm³/mol. The van der Waals surface area contributed by atoms with Gasteiger partial charge in [0.05, 0.1) is 19.6 Å². The number of hydrogen-bond donors (Lipinski definition) is 2. The summed E-state index contributed by atoms with van der Waals surface area (Å²) in [4.78, 5) is 28.2. The zero-order chi connectivity index (χ0) is 13.4. The van der Waals surface area contributed by atoms with Crippen LogP contribution in [0.3, 0.4) is 0 Å². The molecule has 0 bridgehead atoms. The summed E-state index contributed by atoms with van der Waals surface area (Å²) in [5.74, 6) is -0.377. The Morgan fingerprint density at radius 1 is 1.17 bits per heavy atom. The first kappa shape index (κ1) is 14.9. The van der Waals surface area contributed by atoms with Gasteiger partial charge in [0.1, 0.15) is 0 Å². The molecule has 0 saturated heterocycles. The van der Waals surface area contributed by atoms with Crippen molar-refractivity contribution in [3.05, 3.63) is 35.9 Å². The van der Waals surface area contributed by atoms with Crippen LogP contribution in [0.4, 0.5) is 0 Å². The van der Waals surface area contributed by atoms with Crippen molar-refractivity contribution in [3.63, 3.8) is 0 Å². The number of hydrogen-bond acceptors (Lipinski definition) is 4. The van der Waals surface area contributed by atoms with Crippen molar-refractivity contribution in [2.24, 2.45) is 0 Å². The Morgan fingerprint density at radius 2 is 1.83 bits per heavy atom. The van der Waals surface area contributed by atoms with E-state index in [9.17, 15) is 9.36 Å². The maximum Gasteiger partial charge on any atom is 0.469 e. The highest BCUT2D eigenvalue weighted by atomic mass is 31.2. The Morgan fingerprint density at radius 3 is 2.44 bits per heavy atom. The smallest absolute Gasteiger partial charge is 0.465 e. The first-order valence-corrected chi connectivity index (χ1v) is 6.90. The Kier molecular flexibility index (Phi) is 6.01. The van der Waals surface area contributed by atoms with E-state index in [1.165, 1.54) is 0 Å². The van der Waals surface area contributed by atoms with Crippen LogP contribution in [0.5, 0.6) is 0 Å². The molecule has 0 aliphatic carbocycles. The molecule has 0 atom stereocenters. The highest BCUT2D eigenvalue weighted by molar-refractivity contribution is 7.46. The summed E-state index contributed by atoms with van der Waals surface area (Å²) in [6.07, 6.45) is 0.422. The van der Waals surface area contributed by atoms with Crippen LogP contribution in [0.25, 0.3) is 0 Å². The van der Waals surface area contributed by atoms with Gasteiger partial charge >= 0.3 is 13.8 Å². The molecule has 0 fully saturated rings. The van der Waals surface area contributed by atoms with E-state index >= 15 is 0 Å². The van der Waals surface area contributed by atoms with Gasteiger partial charge in [-0.15, -0.1) is 0 Å². The first-order valence-electron chi connectivity index (χ1n) is 5.37. The largest absolute Gasteiger partial charge is 0.469 e. The van der Waals surface area contributed by atoms with Gasteiger partial charge in [-0.2, -0.15) is 0 Å². The van der Waals surface area contributed by atoms with Gasteiger partial charge in [-0.05, 0) is 5.56 Å². The van der Waals surface area contributed by atoms with E-state index < -0.39 is 7.82 Å². The lowest BCUT2D eigenvalue weighted by molar-refractivity contribution is -0.143. The number of carbonyl (C=O) groups is 1. The topological polar surface area (TPSA) is 93.1 Å². The summed E-state index contributed by atoms with van der Waals surface area (Å²) in [6.45, 7) is -0.0748. The van der Waals surface area contributed by atoms with Crippen LogP contribution in [-0.2, 0) is 25.0 Å². The Balaban J connectivity index is 2.13. The van der Waals surface area contributed by atoms with E-state index in [-0.39, 0.29) is 32.0 Å². The monoisotopic (exact) mass is 274 g/mol. The second-order valence-electron chi connectivity index (χ2n) is 3.56. The standard InChI is InChI=1S/C11H15O6P/c12-11(9-10-5-2-1-3-6-10)16-7-4-8-17-18(13,14)15/h1-3,5-6H,4,7-9H2,(H2,13,14,15). The number of rotatable bonds is 7. The van der Waals surface area contributed by atoms with Gasteiger partial charge in [-0.25, -0.2) is 4.57 Å². The molecule has 18 heavy (non-hydrogen) atoms. The number of benzene rings is 1. The zero-order valence-corrected chi connectivity index (χ0v) is 10.6. The molecule has 0 amide bonds. The molecule has 0 spiro atoms. The summed E-state index contributed by atoms with van der Waals surface area (Å²) < 4.78 is 19.4. The van der Waals surface area contributed by atoms with E-state index in [4.69, 9.17) is 14.5 Å². The predicted octanol–water partition coefficient (Wildman–Crippen LogP) is 1.27. The normalized spacial score (nSPS) is 11.2. The van der Waals surface area contributed by atoms with E-state index in [2.05, 4.69) is 4.52 Å². The van der Waals surface area contributed by atoms with Crippen LogP contribution in [-0.4, -0.2) is 29.0 Å². The molecule has 0 unspecified atom stereocenters. The van der Waals surface area contributed by atoms with E-state index in [1.54, 1.807) is 0 Å². The summed E-state index contributed by atoms with van der Waals surface area (Å²) in [7, 11) is -4.42. The molecule has 1 aromatic rings.